The fourth-order valence-electron chi connectivity index (χ4n) is 1.57. The summed E-state index contributed by atoms with van der Waals surface area (Å²) >= 11 is 3.19. The average molecular weight is 304 g/mol. The van der Waals surface area contributed by atoms with Gasteiger partial charge in [-0.3, -0.25) is 4.79 Å². The van der Waals surface area contributed by atoms with Gasteiger partial charge in [0, 0.05) is 6.54 Å². The second kappa shape index (κ2) is 4.89. The fourth-order valence-corrected chi connectivity index (χ4v) is 1.94. The molecular weight excluding hydrogens is 294 g/mol. The van der Waals surface area contributed by atoms with Crippen LogP contribution in [0.15, 0.2) is 21.2 Å². The lowest BCUT2D eigenvalue weighted by atomic mass is 10.2. The lowest BCUT2D eigenvalue weighted by Gasteiger charge is -2.30. The van der Waals surface area contributed by atoms with Crippen LogP contribution in [0.3, 0.4) is 0 Å². The molecule has 7 heteroatoms. The molecule has 17 heavy (non-hydrogen) atoms. The molecule has 2 rings (SSSR count). The first-order valence-corrected chi connectivity index (χ1v) is 5.75. The number of carboxylic acids is 1. The lowest BCUT2D eigenvalue weighted by Crippen LogP contribution is -2.48. The summed E-state index contributed by atoms with van der Waals surface area (Å²) in [6, 6.07) is 1.61. The van der Waals surface area contributed by atoms with Crippen LogP contribution in [0.25, 0.3) is 0 Å². The highest BCUT2D eigenvalue weighted by atomic mass is 79.9. The number of hydrogen-bond acceptors (Lipinski definition) is 4. The predicted octanol–water partition coefficient (Wildman–Crippen LogP) is 0.968. The van der Waals surface area contributed by atoms with Gasteiger partial charge < -0.3 is 19.2 Å². The Kier molecular flexibility index (Phi) is 3.49. The zero-order chi connectivity index (χ0) is 12.4. The van der Waals surface area contributed by atoms with Crippen molar-refractivity contribution in [2.45, 2.75) is 6.10 Å². The van der Waals surface area contributed by atoms with Gasteiger partial charge in [0.05, 0.1) is 23.9 Å². The highest BCUT2D eigenvalue weighted by Gasteiger charge is 2.31. The van der Waals surface area contributed by atoms with Crippen LogP contribution in [0.4, 0.5) is 0 Å². The number of aliphatic carboxylic acids is 1. The van der Waals surface area contributed by atoms with Crippen LogP contribution in [0, 0.1) is 0 Å². The van der Waals surface area contributed by atoms with Gasteiger partial charge in [-0.1, -0.05) is 0 Å². The van der Waals surface area contributed by atoms with Gasteiger partial charge in [0.25, 0.3) is 5.91 Å². The van der Waals surface area contributed by atoms with Crippen molar-refractivity contribution in [2.24, 2.45) is 0 Å². The van der Waals surface area contributed by atoms with Crippen molar-refractivity contribution in [2.75, 3.05) is 19.7 Å². The van der Waals surface area contributed by atoms with Crippen molar-refractivity contribution >= 4 is 27.8 Å². The van der Waals surface area contributed by atoms with Gasteiger partial charge in [0.15, 0.2) is 6.10 Å². The van der Waals surface area contributed by atoms with E-state index in [-0.39, 0.29) is 24.8 Å². The van der Waals surface area contributed by atoms with E-state index >= 15 is 0 Å². The van der Waals surface area contributed by atoms with E-state index in [4.69, 9.17) is 14.3 Å². The Bertz CT molecular complexity index is 444. The zero-order valence-corrected chi connectivity index (χ0v) is 10.3. The molecule has 6 nitrogen and oxygen atoms in total. The number of carbonyl (C=O) groups is 2. The molecule has 0 spiro atoms. The number of ether oxygens (including phenoxy) is 1. The summed E-state index contributed by atoms with van der Waals surface area (Å²) in [5.41, 5.74) is 0. The number of furan rings is 1. The number of halogens is 1. The van der Waals surface area contributed by atoms with Gasteiger partial charge in [-0.15, -0.1) is 0 Å². The molecule has 1 aromatic heterocycles. The molecule has 0 aromatic carbocycles. The molecule has 0 aliphatic carbocycles. The summed E-state index contributed by atoms with van der Waals surface area (Å²) in [5.74, 6) is -1.23. The number of rotatable bonds is 2. The molecule has 1 fully saturated rings. The van der Waals surface area contributed by atoms with Crippen molar-refractivity contribution in [3.8, 4) is 0 Å². The number of carboxylic acid groups (broad SMARTS) is 1. The Hall–Kier alpha value is -1.34. The van der Waals surface area contributed by atoms with E-state index in [1.165, 1.54) is 11.2 Å². The Morgan fingerprint density at radius 2 is 2.29 bits per heavy atom. The van der Waals surface area contributed by atoms with Crippen LogP contribution in [0.1, 0.15) is 10.6 Å². The molecule has 0 saturated carbocycles. The SMILES string of the molecule is O=C(O)[C@H]1CN(C(=O)c2occc2Br)CCO1. The topological polar surface area (TPSA) is 80.0 Å². The molecule has 1 amide bonds. The number of hydrogen-bond donors (Lipinski definition) is 1. The molecule has 1 atom stereocenters. The fraction of sp³-hybridized carbons (Fsp3) is 0.400. The monoisotopic (exact) mass is 303 g/mol. The van der Waals surface area contributed by atoms with Gasteiger partial charge in [0.2, 0.25) is 5.76 Å². The van der Waals surface area contributed by atoms with E-state index in [0.29, 0.717) is 11.0 Å². The van der Waals surface area contributed by atoms with Crippen molar-refractivity contribution < 1.29 is 23.8 Å². The van der Waals surface area contributed by atoms with Crippen molar-refractivity contribution in [3.05, 3.63) is 22.6 Å². The van der Waals surface area contributed by atoms with Gasteiger partial charge in [-0.05, 0) is 22.0 Å². The quantitative estimate of drug-likeness (QED) is 0.880. The van der Waals surface area contributed by atoms with Gasteiger partial charge >= 0.3 is 5.97 Å². The van der Waals surface area contributed by atoms with Crippen molar-refractivity contribution in [1.82, 2.24) is 4.90 Å². The minimum atomic E-state index is -1.07. The largest absolute Gasteiger partial charge is 0.479 e. The van der Waals surface area contributed by atoms with E-state index in [1.807, 2.05) is 0 Å². The lowest BCUT2D eigenvalue weighted by molar-refractivity contribution is -0.154. The number of nitrogens with zero attached hydrogens (tertiary/aromatic N) is 1. The van der Waals surface area contributed by atoms with Crippen LogP contribution < -0.4 is 0 Å². The van der Waals surface area contributed by atoms with Crippen LogP contribution >= 0.6 is 15.9 Å². The third kappa shape index (κ3) is 2.50. The molecular formula is C10H10BrNO5. The molecule has 2 heterocycles. The van der Waals surface area contributed by atoms with E-state index in [9.17, 15) is 9.59 Å². The zero-order valence-electron chi connectivity index (χ0n) is 8.76. The predicted molar refractivity (Wildman–Crippen MR) is 59.7 cm³/mol. The van der Waals surface area contributed by atoms with Gasteiger partial charge in [-0.2, -0.15) is 0 Å². The maximum atomic E-state index is 12.0. The molecule has 0 radical (unpaired) electrons. The molecule has 0 bridgehead atoms. The Morgan fingerprint density at radius 1 is 1.53 bits per heavy atom. The summed E-state index contributed by atoms with van der Waals surface area (Å²) in [6.07, 6.45) is 0.424. The molecule has 1 aromatic rings. The molecule has 0 unspecified atom stereocenters. The normalized spacial score (nSPS) is 20.3. The second-order valence-corrected chi connectivity index (χ2v) is 4.40. The van der Waals surface area contributed by atoms with Gasteiger partial charge in [0.1, 0.15) is 0 Å². The first-order chi connectivity index (χ1) is 8.09. The summed E-state index contributed by atoms with van der Waals surface area (Å²) in [5, 5.41) is 8.83. The summed E-state index contributed by atoms with van der Waals surface area (Å²) in [7, 11) is 0. The van der Waals surface area contributed by atoms with Crippen LogP contribution in [-0.4, -0.2) is 47.7 Å². The first-order valence-electron chi connectivity index (χ1n) is 4.96. The minimum absolute atomic E-state index is 0.0291. The van der Waals surface area contributed by atoms with E-state index < -0.39 is 12.1 Å². The summed E-state index contributed by atoms with van der Waals surface area (Å²) < 4.78 is 10.6. The standard InChI is InChI=1S/C10H10BrNO5/c11-6-1-3-17-8(6)9(13)12-2-4-16-7(5-12)10(14)15/h1,3,7H,2,4-5H2,(H,14,15)/t7-/m1/s1. The highest BCUT2D eigenvalue weighted by Crippen LogP contribution is 2.20. The Labute approximate surface area is 105 Å². The Morgan fingerprint density at radius 3 is 2.88 bits per heavy atom. The molecule has 1 aliphatic rings. The van der Waals surface area contributed by atoms with E-state index in [2.05, 4.69) is 15.9 Å². The van der Waals surface area contributed by atoms with Crippen LogP contribution in [0.2, 0.25) is 0 Å². The molecule has 1 saturated heterocycles. The van der Waals surface area contributed by atoms with Crippen LogP contribution in [0.5, 0.6) is 0 Å². The molecule has 1 aliphatic heterocycles. The second-order valence-electron chi connectivity index (χ2n) is 3.55. The number of morpholine rings is 1. The summed E-state index contributed by atoms with van der Waals surface area (Å²) in [6.45, 7) is 0.595. The minimum Gasteiger partial charge on any atom is -0.479 e. The number of amides is 1. The first kappa shape index (κ1) is 12.1. The van der Waals surface area contributed by atoms with Gasteiger partial charge in [-0.25, -0.2) is 4.79 Å². The van der Waals surface area contributed by atoms with Crippen LogP contribution in [-0.2, 0) is 9.53 Å². The van der Waals surface area contributed by atoms with Crippen molar-refractivity contribution in [3.63, 3.8) is 0 Å². The maximum absolute atomic E-state index is 12.0. The third-order valence-electron chi connectivity index (χ3n) is 2.44. The smallest absolute Gasteiger partial charge is 0.334 e. The molecule has 92 valence electrons. The number of carbonyl (C=O) groups excluding carboxylic acids is 1. The van der Waals surface area contributed by atoms with E-state index in [1.54, 1.807) is 6.07 Å². The Balaban J connectivity index is 2.10. The van der Waals surface area contributed by atoms with Crippen molar-refractivity contribution in [1.29, 1.82) is 0 Å². The van der Waals surface area contributed by atoms with E-state index in [0.717, 1.165) is 0 Å². The highest BCUT2D eigenvalue weighted by molar-refractivity contribution is 9.10. The summed E-state index contributed by atoms with van der Waals surface area (Å²) in [4.78, 5) is 24.2. The maximum Gasteiger partial charge on any atom is 0.334 e. The average Bonchev–Trinajstić information content (AvgIpc) is 2.74. The third-order valence-corrected chi connectivity index (χ3v) is 3.06. The molecule has 1 N–H and O–H groups in total.